The molecule has 0 bridgehead atoms. The van der Waals surface area contributed by atoms with E-state index >= 15 is 0 Å². The molecular formula is C14H14N2O3S. The van der Waals surface area contributed by atoms with Crippen LogP contribution in [0.25, 0.3) is 10.4 Å². The van der Waals surface area contributed by atoms with Gasteiger partial charge in [-0.2, -0.15) is 0 Å². The SMILES string of the molecule is NC(=O)c1cc(-c2ccccc2)sc1NCCC(=O)O. The molecule has 0 aliphatic carbocycles. The molecule has 4 N–H and O–H groups in total. The number of primary amides is 1. The van der Waals surface area contributed by atoms with E-state index in [1.54, 1.807) is 6.07 Å². The van der Waals surface area contributed by atoms with E-state index in [9.17, 15) is 9.59 Å². The second-order valence-electron chi connectivity index (χ2n) is 4.15. The molecule has 1 amide bonds. The lowest BCUT2D eigenvalue weighted by Gasteiger charge is -2.02. The van der Waals surface area contributed by atoms with Crippen LogP contribution in [0.5, 0.6) is 0 Å². The third kappa shape index (κ3) is 3.36. The number of nitrogens with one attached hydrogen (secondary N) is 1. The van der Waals surface area contributed by atoms with Crippen molar-refractivity contribution in [2.45, 2.75) is 6.42 Å². The highest BCUT2D eigenvalue weighted by atomic mass is 32.1. The summed E-state index contributed by atoms with van der Waals surface area (Å²) in [6, 6.07) is 11.4. The maximum absolute atomic E-state index is 11.4. The van der Waals surface area contributed by atoms with Gasteiger partial charge in [-0.3, -0.25) is 9.59 Å². The summed E-state index contributed by atoms with van der Waals surface area (Å²) in [6.07, 6.45) is -0.0171. The van der Waals surface area contributed by atoms with E-state index in [4.69, 9.17) is 10.8 Å². The number of aliphatic carboxylic acids is 1. The molecule has 20 heavy (non-hydrogen) atoms. The molecule has 5 nitrogen and oxygen atoms in total. The van der Waals surface area contributed by atoms with E-state index in [1.807, 2.05) is 30.3 Å². The Morgan fingerprint density at radius 2 is 1.95 bits per heavy atom. The van der Waals surface area contributed by atoms with Gasteiger partial charge in [-0.25, -0.2) is 0 Å². The van der Waals surface area contributed by atoms with E-state index in [0.717, 1.165) is 10.4 Å². The molecule has 1 aromatic heterocycles. The maximum Gasteiger partial charge on any atom is 0.305 e. The number of benzene rings is 1. The zero-order valence-electron chi connectivity index (χ0n) is 10.6. The number of carboxylic acids is 1. The number of carbonyl (C=O) groups is 2. The van der Waals surface area contributed by atoms with Crippen molar-refractivity contribution in [2.75, 3.05) is 11.9 Å². The molecule has 0 spiro atoms. The van der Waals surface area contributed by atoms with Crippen molar-refractivity contribution >= 4 is 28.2 Å². The topological polar surface area (TPSA) is 92.4 Å². The lowest BCUT2D eigenvalue weighted by atomic mass is 10.1. The normalized spacial score (nSPS) is 10.2. The summed E-state index contributed by atoms with van der Waals surface area (Å²) >= 11 is 1.39. The van der Waals surface area contributed by atoms with Gasteiger partial charge in [-0.1, -0.05) is 30.3 Å². The van der Waals surface area contributed by atoms with E-state index < -0.39 is 11.9 Å². The first-order valence-corrected chi connectivity index (χ1v) is 6.84. The van der Waals surface area contributed by atoms with E-state index in [0.29, 0.717) is 10.6 Å². The minimum atomic E-state index is -0.891. The van der Waals surface area contributed by atoms with Crippen LogP contribution in [0.3, 0.4) is 0 Å². The molecule has 6 heteroatoms. The number of carboxylic acid groups (broad SMARTS) is 1. The summed E-state index contributed by atoms with van der Waals surface area (Å²) in [7, 11) is 0. The number of hydrogen-bond acceptors (Lipinski definition) is 4. The second kappa shape index (κ2) is 6.21. The summed E-state index contributed by atoms with van der Waals surface area (Å²) < 4.78 is 0. The monoisotopic (exact) mass is 290 g/mol. The molecule has 0 saturated heterocycles. The Hall–Kier alpha value is -2.34. The van der Waals surface area contributed by atoms with Crippen molar-refractivity contribution in [3.05, 3.63) is 42.0 Å². The maximum atomic E-state index is 11.4. The van der Waals surface area contributed by atoms with Crippen molar-refractivity contribution in [3.8, 4) is 10.4 Å². The van der Waals surface area contributed by atoms with Crippen molar-refractivity contribution in [3.63, 3.8) is 0 Å². The zero-order chi connectivity index (χ0) is 14.5. The minimum Gasteiger partial charge on any atom is -0.481 e. The smallest absolute Gasteiger partial charge is 0.305 e. The Bertz CT molecular complexity index is 623. The Kier molecular flexibility index (Phi) is 4.37. The van der Waals surface area contributed by atoms with Crippen LogP contribution in [0.4, 0.5) is 5.00 Å². The number of nitrogens with two attached hydrogens (primary N) is 1. The molecule has 0 aliphatic rings. The average Bonchev–Trinajstić information content (AvgIpc) is 2.84. The Labute approximate surface area is 120 Å². The van der Waals surface area contributed by atoms with Gasteiger partial charge in [0.25, 0.3) is 5.91 Å². The summed E-state index contributed by atoms with van der Waals surface area (Å²) in [4.78, 5) is 22.9. The van der Waals surface area contributed by atoms with Gasteiger partial charge in [-0.15, -0.1) is 11.3 Å². The van der Waals surface area contributed by atoms with Crippen LogP contribution in [0.1, 0.15) is 16.8 Å². The largest absolute Gasteiger partial charge is 0.481 e. The number of anilines is 1. The molecule has 1 heterocycles. The first kappa shape index (κ1) is 14.1. The van der Waals surface area contributed by atoms with Gasteiger partial charge in [-0.05, 0) is 11.6 Å². The van der Waals surface area contributed by atoms with Crippen LogP contribution < -0.4 is 11.1 Å². The Morgan fingerprint density at radius 3 is 2.55 bits per heavy atom. The fourth-order valence-corrected chi connectivity index (χ4v) is 2.83. The predicted octanol–water partition coefficient (Wildman–Crippen LogP) is 2.40. The van der Waals surface area contributed by atoms with Gasteiger partial charge in [0.15, 0.2) is 0 Å². The molecule has 2 aromatic rings. The third-order valence-corrected chi connectivity index (χ3v) is 3.82. The van der Waals surface area contributed by atoms with Crippen LogP contribution >= 0.6 is 11.3 Å². The van der Waals surface area contributed by atoms with Crippen LogP contribution in [-0.2, 0) is 4.79 Å². The highest BCUT2D eigenvalue weighted by Gasteiger charge is 2.14. The van der Waals surface area contributed by atoms with E-state index in [-0.39, 0.29) is 13.0 Å². The highest BCUT2D eigenvalue weighted by Crippen LogP contribution is 2.35. The van der Waals surface area contributed by atoms with E-state index in [1.165, 1.54) is 11.3 Å². The summed E-state index contributed by atoms with van der Waals surface area (Å²) in [5, 5.41) is 12.2. The van der Waals surface area contributed by atoms with E-state index in [2.05, 4.69) is 5.32 Å². The van der Waals surface area contributed by atoms with Crippen LogP contribution in [0, 0.1) is 0 Å². The first-order chi connectivity index (χ1) is 9.58. The number of carbonyl (C=O) groups excluding carboxylic acids is 1. The average molecular weight is 290 g/mol. The number of thiophene rings is 1. The summed E-state index contributed by atoms with van der Waals surface area (Å²) in [5.74, 6) is -1.42. The van der Waals surface area contributed by atoms with Crippen LogP contribution in [0.15, 0.2) is 36.4 Å². The van der Waals surface area contributed by atoms with Crippen molar-refractivity contribution in [1.29, 1.82) is 0 Å². The second-order valence-corrected chi connectivity index (χ2v) is 5.21. The highest BCUT2D eigenvalue weighted by molar-refractivity contribution is 7.19. The van der Waals surface area contributed by atoms with Crippen molar-refractivity contribution < 1.29 is 14.7 Å². The molecule has 2 rings (SSSR count). The molecule has 1 aromatic carbocycles. The predicted molar refractivity (Wildman–Crippen MR) is 79.0 cm³/mol. The van der Waals surface area contributed by atoms with Gasteiger partial charge in [0, 0.05) is 11.4 Å². The molecule has 0 atom stereocenters. The molecule has 0 saturated carbocycles. The van der Waals surface area contributed by atoms with Gasteiger partial charge >= 0.3 is 5.97 Å². The fraction of sp³-hybridized carbons (Fsp3) is 0.143. The number of amides is 1. The number of rotatable bonds is 6. The van der Waals surface area contributed by atoms with Crippen molar-refractivity contribution in [2.24, 2.45) is 5.73 Å². The van der Waals surface area contributed by atoms with Crippen molar-refractivity contribution in [1.82, 2.24) is 0 Å². The summed E-state index contributed by atoms with van der Waals surface area (Å²) in [6.45, 7) is 0.254. The van der Waals surface area contributed by atoms with Gasteiger partial charge in [0.05, 0.1) is 12.0 Å². The number of hydrogen-bond donors (Lipinski definition) is 3. The quantitative estimate of drug-likeness (QED) is 0.761. The van der Waals surface area contributed by atoms with Crippen LogP contribution in [0.2, 0.25) is 0 Å². The molecule has 0 radical (unpaired) electrons. The molecule has 0 unspecified atom stereocenters. The lowest BCUT2D eigenvalue weighted by molar-refractivity contribution is -0.136. The fourth-order valence-electron chi connectivity index (χ4n) is 1.73. The molecule has 0 fully saturated rings. The summed E-state index contributed by atoms with van der Waals surface area (Å²) in [5.41, 5.74) is 6.73. The first-order valence-electron chi connectivity index (χ1n) is 6.02. The van der Waals surface area contributed by atoms with Gasteiger partial charge in [0.2, 0.25) is 0 Å². The third-order valence-electron chi connectivity index (χ3n) is 2.68. The molecule has 104 valence electrons. The minimum absolute atomic E-state index is 0.0171. The molecular weight excluding hydrogens is 276 g/mol. The lowest BCUT2D eigenvalue weighted by Crippen LogP contribution is -2.14. The van der Waals surface area contributed by atoms with Gasteiger partial charge in [0.1, 0.15) is 5.00 Å². The Balaban J connectivity index is 2.24. The Morgan fingerprint density at radius 1 is 1.25 bits per heavy atom. The molecule has 0 aliphatic heterocycles. The zero-order valence-corrected chi connectivity index (χ0v) is 11.4. The van der Waals surface area contributed by atoms with Crippen LogP contribution in [-0.4, -0.2) is 23.5 Å². The van der Waals surface area contributed by atoms with Gasteiger partial charge < -0.3 is 16.2 Å². The standard InChI is InChI=1S/C14H14N2O3S/c15-13(19)10-8-11(9-4-2-1-3-5-9)20-14(10)16-7-6-12(17)18/h1-5,8,16H,6-7H2,(H2,15,19)(H,17,18).